The number of amides is 2. The van der Waals surface area contributed by atoms with Gasteiger partial charge < -0.3 is 24.2 Å². The van der Waals surface area contributed by atoms with E-state index in [9.17, 15) is 9.59 Å². The van der Waals surface area contributed by atoms with Gasteiger partial charge in [0, 0.05) is 55.5 Å². The molecular weight excluding hydrogens is 470 g/mol. The highest BCUT2D eigenvalue weighted by molar-refractivity contribution is 6.12. The second-order valence-corrected chi connectivity index (χ2v) is 10.0. The molecule has 1 fully saturated rings. The highest BCUT2D eigenvalue weighted by atomic mass is 16.5. The van der Waals surface area contributed by atoms with E-state index in [4.69, 9.17) is 9.47 Å². The van der Waals surface area contributed by atoms with Crippen molar-refractivity contribution in [2.45, 2.75) is 24.7 Å². The Morgan fingerprint density at radius 3 is 2.51 bits per heavy atom. The van der Waals surface area contributed by atoms with Gasteiger partial charge in [0.2, 0.25) is 11.8 Å². The zero-order valence-corrected chi connectivity index (χ0v) is 21.9. The van der Waals surface area contributed by atoms with Crippen LogP contribution in [0, 0.1) is 0 Å². The standard InChI is InChI=1S/C28H33N5O4/c1-31(2)12-5-15-37-24-9-7-20(17-30-24)19-6-8-22-21(16-19)25-23(18-29-22)32(3)26(34)28(25)10-13-33(14-11-28)27(35)36-4/h6-9,16-18H,5,10-15H2,1-4H3. The molecular formula is C28H33N5O4. The molecule has 0 bridgehead atoms. The van der Waals surface area contributed by atoms with Gasteiger partial charge in [0.25, 0.3) is 0 Å². The number of ether oxygens (including phenoxy) is 2. The normalized spacial score (nSPS) is 16.5. The quantitative estimate of drug-likeness (QED) is 0.474. The summed E-state index contributed by atoms with van der Waals surface area (Å²) in [6, 6.07) is 10.0. The van der Waals surface area contributed by atoms with Gasteiger partial charge in [-0.1, -0.05) is 6.07 Å². The fraction of sp³-hybridized carbons (Fsp3) is 0.429. The van der Waals surface area contributed by atoms with Crippen LogP contribution in [0.5, 0.6) is 5.88 Å². The minimum atomic E-state index is -0.684. The molecule has 0 atom stereocenters. The molecule has 1 saturated heterocycles. The van der Waals surface area contributed by atoms with Crippen LogP contribution in [0.2, 0.25) is 0 Å². The second kappa shape index (κ2) is 9.97. The number of benzene rings is 1. The van der Waals surface area contributed by atoms with Gasteiger partial charge in [-0.05, 0) is 57.1 Å². The summed E-state index contributed by atoms with van der Waals surface area (Å²) in [4.78, 5) is 40.4. The predicted octanol–water partition coefficient (Wildman–Crippen LogP) is 3.70. The van der Waals surface area contributed by atoms with Crippen molar-refractivity contribution in [3.05, 3.63) is 48.3 Å². The number of likely N-dealkylation sites (tertiary alicyclic amines) is 1. The van der Waals surface area contributed by atoms with Crippen LogP contribution in [0.15, 0.2) is 42.7 Å². The van der Waals surface area contributed by atoms with E-state index in [1.165, 1.54) is 7.11 Å². The second-order valence-electron chi connectivity index (χ2n) is 10.0. The summed E-state index contributed by atoms with van der Waals surface area (Å²) in [7, 11) is 7.28. The maximum absolute atomic E-state index is 13.6. The lowest BCUT2D eigenvalue weighted by Crippen LogP contribution is -2.49. The van der Waals surface area contributed by atoms with E-state index in [1.807, 2.05) is 44.6 Å². The summed E-state index contributed by atoms with van der Waals surface area (Å²) < 4.78 is 10.7. The third kappa shape index (κ3) is 4.48. The third-order valence-corrected chi connectivity index (χ3v) is 7.52. The molecule has 0 aliphatic carbocycles. The van der Waals surface area contributed by atoms with E-state index in [2.05, 4.69) is 20.9 Å². The van der Waals surface area contributed by atoms with E-state index < -0.39 is 5.41 Å². The molecule has 2 amide bonds. The number of rotatable bonds is 6. The highest BCUT2D eigenvalue weighted by Gasteiger charge is 2.52. The number of anilines is 1. The smallest absolute Gasteiger partial charge is 0.409 e. The van der Waals surface area contributed by atoms with Gasteiger partial charge in [-0.25, -0.2) is 9.78 Å². The first-order valence-corrected chi connectivity index (χ1v) is 12.6. The molecule has 3 aromatic rings. The average molecular weight is 504 g/mol. The summed E-state index contributed by atoms with van der Waals surface area (Å²) in [5, 5.41) is 0.961. The number of nitrogens with zero attached hydrogens (tertiary/aromatic N) is 5. The molecule has 1 aromatic carbocycles. The molecule has 5 rings (SSSR count). The lowest BCUT2D eigenvalue weighted by atomic mass is 9.72. The Balaban J connectivity index is 1.46. The van der Waals surface area contributed by atoms with Crippen molar-refractivity contribution in [3.8, 4) is 17.0 Å². The van der Waals surface area contributed by atoms with E-state index in [0.29, 0.717) is 38.4 Å². The van der Waals surface area contributed by atoms with E-state index in [-0.39, 0.29) is 12.0 Å². The van der Waals surface area contributed by atoms with Crippen molar-refractivity contribution in [1.82, 2.24) is 19.8 Å². The topological polar surface area (TPSA) is 88.1 Å². The highest BCUT2D eigenvalue weighted by Crippen LogP contribution is 2.50. The summed E-state index contributed by atoms with van der Waals surface area (Å²) in [5.74, 6) is 0.665. The SMILES string of the molecule is COC(=O)N1CCC2(CC1)C(=O)N(C)c1cnc3ccc(-c4ccc(OCCCN(C)C)nc4)cc3c12. The molecule has 2 aliphatic heterocycles. The minimum absolute atomic E-state index is 0.0594. The Bertz CT molecular complexity index is 1320. The third-order valence-electron chi connectivity index (χ3n) is 7.52. The van der Waals surface area contributed by atoms with Crippen LogP contribution in [0.25, 0.3) is 22.0 Å². The lowest BCUT2D eigenvalue weighted by molar-refractivity contribution is -0.124. The van der Waals surface area contributed by atoms with Crippen LogP contribution in [0.3, 0.4) is 0 Å². The number of hydrogen-bond donors (Lipinski definition) is 0. The molecule has 37 heavy (non-hydrogen) atoms. The van der Waals surface area contributed by atoms with Crippen molar-refractivity contribution < 1.29 is 19.1 Å². The van der Waals surface area contributed by atoms with Crippen molar-refractivity contribution in [1.29, 1.82) is 0 Å². The van der Waals surface area contributed by atoms with Crippen molar-refractivity contribution in [3.63, 3.8) is 0 Å². The number of fused-ring (bicyclic) bond motifs is 4. The van der Waals surface area contributed by atoms with Crippen molar-refractivity contribution in [2.24, 2.45) is 0 Å². The molecule has 0 radical (unpaired) electrons. The first-order valence-electron chi connectivity index (χ1n) is 12.6. The largest absolute Gasteiger partial charge is 0.478 e. The van der Waals surface area contributed by atoms with E-state index >= 15 is 0 Å². The Morgan fingerprint density at radius 2 is 1.84 bits per heavy atom. The van der Waals surface area contributed by atoms with Crippen molar-refractivity contribution in [2.75, 3.05) is 59.4 Å². The number of carbonyl (C=O) groups is 2. The fourth-order valence-electron chi connectivity index (χ4n) is 5.51. The summed E-state index contributed by atoms with van der Waals surface area (Å²) in [5.41, 5.74) is 3.96. The Morgan fingerprint density at radius 1 is 1.08 bits per heavy atom. The fourth-order valence-corrected chi connectivity index (χ4v) is 5.51. The van der Waals surface area contributed by atoms with Crippen LogP contribution in [-0.2, 0) is 14.9 Å². The number of piperidine rings is 1. The number of pyridine rings is 2. The van der Waals surface area contributed by atoms with E-state index in [1.54, 1.807) is 23.0 Å². The van der Waals surface area contributed by atoms with Gasteiger partial charge in [0.15, 0.2) is 0 Å². The molecule has 2 aromatic heterocycles. The molecule has 9 heteroatoms. The van der Waals surface area contributed by atoms with Crippen LogP contribution in [0.4, 0.5) is 10.5 Å². The minimum Gasteiger partial charge on any atom is -0.478 e. The summed E-state index contributed by atoms with van der Waals surface area (Å²) >= 11 is 0. The molecule has 0 N–H and O–H groups in total. The van der Waals surface area contributed by atoms with Crippen LogP contribution >= 0.6 is 0 Å². The monoisotopic (exact) mass is 503 g/mol. The number of aromatic nitrogens is 2. The average Bonchev–Trinajstić information content (AvgIpc) is 3.13. The molecule has 0 saturated carbocycles. The Kier molecular flexibility index (Phi) is 6.72. The maximum Gasteiger partial charge on any atom is 0.409 e. The first-order chi connectivity index (χ1) is 17.8. The number of carbonyl (C=O) groups excluding carboxylic acids is 2. The maximum atomic E-state index is 13.6. The van der Waals surface area contributed by atoms with Crippen LogP contribution < -0.4 is 9.64 Å². The molecule has 0 unspecified atom stereocenters. The zero-order valence-electron chi connectivity index (χ0n) is 21.9. The molecule has 2 aliphatic rings. The van der Waals surface area contributed by atoms with Crippen molar-refractivity contribution >= 4 is 28.6 Å². The van der Waals surface area contributed by atoms with Crippen LogP contribution in [0.1, 0.15) is 24.8 Å². The van der Waals surface area contributed by atoms with E-state index in [0.717, 1.165) is 46.2 Å². The van der Waals surface area contributed by atoms with Gasteiger partial charge in [0.1, 0.15) is 0 Å². The number of methoxy groups -OCH3 is 1. The predicted molar refractivity (Wildman–Crippen MR) is 142 cm³/mol. The number of likely N-dealkylation sites (N-methyl/N-ethyl adjacent to an activating group) is 1. The van der Waals surface area contributed by atoms with Gasteiger partial charge >= 0.3 is 6.09 Å². The molecule has 9 nitrogen and oxygen atoms in total. The lowest BCUT2D eigenvalue weighted by Gasteiger charge is -2.38. The van der Waals surface area contributed by atoms with Gasteiger partial charge in [-0.3, -0.25) is 9.78 Å². The van der Waals surface area contributed by atoms with Gasteiger partial charge in [-0.15, -0.1) is 0 Å². The Hall–Kier alpha value is -3.72. The first kappa shape index (κ1) is 25.0. The molecule has 194 valence electrons. The van der Waals surface area contributed by atoms with Crippen LogP contribution in [-0.4, -0.2) is 86.3 Å². The number of hydrogen-bond acceptors (Lipinski definition) is 7. The van der Waals surface area contributed by atoms with Gasteiger partial charge in [-0.2, -0.15) is 0 Å². The Labute approximate surface area is 217 Å². The summed E-state index contributed by atoms with van der Waals surface area (Å²) in [6.45, 7) is 2.52. The molecule has 1 spiro atoms. The van der Waals surface area contributed by atoms with Gasteiger partial charge in [0.05, 0.1) is 36.5 Å². The zero-order chi connectivity index (χ0) is 26.2. The summed E-state index contributed by atoms with van der Waals surface area (Å²) in [6.07, 6.45) is 5.28. The molecule has 4 heterocycles.